The summed E-state index contributed by atoms with van der Waals surface area (Å²) in [4.78, 5) is 16.1. The van der Waals surface area contributed by atoms with E-state index in [1.807, 2.05) is 29.8 Å². The van der Waals surface area contributed by atoms with Crippen molar-refractivity contribution < 1.29 is 4.79 Å². The molecule has 1 amide bonds. The standard InChI is InChI=1S/C17H20N4O/c1-14-11-15-5-2-3-6-16(15)21(14)12-17(22)19-7-4-9-20-10-8-18-13-20/h2-3,5-6,8,10-11,13H,4,7,9,12H2,1H3,(H,19,22). The van der Waals surface area contributed by atoms with E-state index in [-0.39, 0.29) is 5.91 Å². The van der Waals surface area contributed by atoms with Crippen LogP contribution in [0.25, 0.3) is 10.9 Å². The van der Waals surface area contributed by atoms with E-state index in [9.17, 15) is 4.79 Å². The summed E-state index contributed by atoms with van der Waals surface area (Å²) < 4.78 is 4.07. The largest absolute Gasteiger partial charge is 0.354 e. The lowest BCUT2D eigenvalue weighted by atomic mass is 10.2. The number of benzene rings is 1. The summed E-state index contributed by atoms with van der Waals surface area (Å²) in [6.45, 7) is 3.94. The second kappa shape index (κ2) is 6.47. The number of hydrogen-bond acceptors (Lipinski definition) is 2. The molecule has 0 fully saturated rings. The van der Waals surface area contributed by atoms with Crippen molar-refractivity contribution in [3.05, 3.63) is 54.7 Å². The number of nitrogens with zero attached hydrogens (tertiary/aromatic N) is 3. The number of hydrogen-bond donors (Lipinski definition) is 1. The van der Waals surface area contributed by atoms with Gasteiger partial charge in [-0.3, -0.25) is 4.79 Å². The van der Waals surface area contributed by atoms with Gasteiger partial charge in [-0.1, -0.05) is 18.2 Å². The first-order valence-corrected chi connectivity index (χ1v) is 7.51. The third-order valence-electron chi connectivity index (χ3n) is 3.79. The fourth-order valence-corrected chi connectivity index (χ4v) is 2.67. The normalized spacial score (nSPS) is 11.0. The number of rotatable bonds is 6. The highest BCUT2D eigenvalue weighted by molar-refractivity contribution is 5.84. The van der Waals surface area contributed by atoms with E-state index in [0.717, 1.165) is 24.2 Å². The van der Waals surface area contributed by atoms with Crippen molar-refractivity contribution in [3.63, 3.8) is 0 Å². The first kappa shape index (κ1) is 14.4. The van der Waals surface area contributed by atoms with E-state index in [4.69, 9.17) is 0 Å². The molecule has 5 nitrogen and oxygen atoms in total. The van der Waals surface area contributed by atoms with E-state index in [1.54, 1.807) is 12.5 Å². The number of para-hydroxylation sites is 1. The second-order valence-corrected chi connectivity index (χ2v) is 5.43. The van der Waals surface area contributed by atoms with Crippen molar-refractivity contribution >= 4 is 16.8 Å². The molecular weight excluding hydrogens is 276 g/mol. The predicted molar refractivity (Wildman–Crippen MR) is 86.5 cm³/mol. The third-order valence-corrected chi connectivity index (χ3v) is 3.79. The van der Waals surface area contributed by atoms with E-state index in [1.165, 1.54) is 5.39 Å². The Kier molecular flexibility index (Phi) is 4.23. The van der Waals surface area contributed by atoms with Crippen molar-refractivity contribution in [1.29, 1.82) is 0 Å². The van der Waals surface area contributed by atoms with Crippen LogP contribution >= 0.6 is 0 Å². The lowest BCUT2D eigenvalue weighted by molar-refractivity contribution is -0.121. The van der Waals surface area contributed by atoms with Crippen LogP contribution in [0.2, 0.25) is 0 Å². The van der Waals surface area contributed by atoms with Crippen LogP contribution in [0.5, 0.6) is 0 Å². The number of aromatic nitrogens is 3. The zero-order chi connectivity index (χ0) is 15.4. The van der Waals surface area contributed by atoms with Crippen LogP contribution in [-0.4, -0.2) is 26.6 Å². The zero-order valence-electron chi connectivity index (χ0n) is 12.7. The second-order valence-electron chi connectivity index (χ2n) is 5.43. The Bertz CT molecular complexity index is 758. The Morgan fingerprint density at radius 3 is 3.00 bits per heavy atom. The number of carbonyl (C=O) groups is 1. The van der Waals surface area contributed by atoms with Crippen molar-refractivity contribution in [2.75, 3.05) is 6.54 Å². The smallest absolute Gasteiger partial charge is 0.239 e. The number of imidazole rings is 1. The van der Waals surface area contributed by atoms with Crippen molar-refractivity contribution in [2.45, 2.75) is 26.4 Å². The van der Waals surface area contributed by atoms with Crippen molar-refractivity contribution in [1.82, 2.24) is 19.4 Å². The van der Waals surface area contributed by atoms with E-state index >= 15 is 0 Å². The van der Waals surface area contributed by atoms with E-state index in [0.29, 0.717) is 13.1 Å². The van der Waals surface area contributed by atoms with Gasteiger partial charge in [0.1, 0.15) is 6.54 Å². The summed E-state index contributed by atoms with van der Waals surface area (Å²) in [7, 11) is 0. The molecule has 3 rings (SSSR count). The topological polar surface area (TPSA) is 51.9 Å². The Hall–Kier alpha value is -2.56. The molecule has 0 aliphatic heterocycles. The van der Waals surface area contributed by atoms with Crippen LogP contribution in [0.3, 0.4) is 0 Å². The molecule has 0 radical (unpaired) electrons. The molecule has 2 heterocycles. The van der Waals surface area contributed by atoms with Gasteiger partial charge in [0.2, 0.25) is 5.91 Å². The van der Waals surface area contributed by atoms with Crippen LogP contribution in [0.15, 0.2) is 49.1 Å². The van der Waals surface area contributed by atoms with Crippen LogP contribution in [0.4, 0.5) is 0 Å². The van der Waals surface area contributed by atoms with Crippen molar-refractivity contribution in [2.24, 2.45) is 0 Å². The summed E-state index contributed by atoms with van der Waals surface area (Å²) >= 11 is 0. The molecule has 0 saturated carbocycles. The van der Waals surface area contributed by atoms with Gasteiger partial charge >= 0.3 is 0 Å². The van der Waals surface area contributed by atoms with Gasteiger partial charge in [0.15, 0.2) is 0 Å². The lowest BCUT2D eigenvalue weighted by Crippen LogP contribution is -2.29. The van der Waals surface area contributed by atoms with Crippen LogP contribution < -0.4 is 5.32 Å². The summed E-state index contributed by atoms with van der Waals surface area (Å²) in [5, 5.41) is 4.16. The molecule has 5 heteroatoms. The monoisotopic (exact) mass is 296 g/mol. The fraction of sp³-hybridized carbons (Fsp3) is 0.294. The molecule has 22 heavy (non-hydrogen) atoms. The third kappa shape index (κ3) is 3.19. The predicted octanol–water partition coefficient (Wildman–Crippen LogP) is 2.35. The Morgan fingerprint density at radius 2 is 2.18 bits per heavy atom. The van der Waals surface area contributed by atoms with E-state index in [2.05, 4.69) is 33.1 Å². The molecule has 1 N–H and O–H groups in total. The number of fused-ring (bicyclic) bond motifs is 1. The van der Waals surface area contributed by atoms with E-state index < -0.39 is 0 Å². The average Bonchev–Trinajstić information content (AvgIpc) is 3.13. The van der Waals surface area contributed by atoms with Crippen molar-refractivity contribution in [3.8, 4) is 0 Å². The quantitative estimate of drug-likeness (QED) is 0.710. The lowest BCUT2D eigenvalue weighted by Gasteiger charge is -2.09. The summed E-state index contributed by atoms with van der Waals surface area (Å²) in [6, 6.07) is 10.3. The molecule has 2 aromatic heterocycles. The summed E-state index contributed by atoms with van der Waals surface area (Å²) in [5.41, 5.74) is 2.21. The first-order chi connectivity index (χ1) is 10.7. The number of carbonyl (C=O) groups excluding carboxylic acids is 1. The summed E-state index contributed by atoms with van der Waals surface area (Å²) in [5.74, 6) is 0.0510. The minimum absolute atomic E-state index is 0.0510. The van der Waals surface area contributed by atoms with Gasteiger partial charge < -0.3 is 14.5 Å². The molecule has 0 aliphatic carbocycles. The molecule has 114 valence electrons. The minimum atomic E-state index is 0.0510. The molecule has 0 aliphatic rings. The van der Waals surface area contributed by atoms with Gasteiger partial charge in [0.05, 0.1) is 6.33 Å². The number of aryl methyl sites for hydroxylation is 2. The molecule has 0 spiro atoms. The highest BCUT2D eigenvalue weighted by atomic mass is 16.1. The molecule has 0 bridgehead atoms. The Balaban J connectivity index is 1.53. The van der Waals surface area contributed by atoms with Gasteiger partial charge in [-0.05, 0) is 30.9 Å². The molecule has 1 aromatic carbocycles. The molecular formula is C17H20N4O. The summed E-state index contributed by atoms with van der Waals surface area (Å²) in [6.07, 6.45) is 6.38. The first-order valence-electron chi connectivity index (χ1n) is 7.51. The maximum Gasteiger partial charge on any atom is 0.239 e. The van der Waals surface area contributed by atoms with Crippen LogP contribution in [-0.2, 0) is 17.9 Å². The zero-order valence-corrected chi connectivity index (χ0v) is 12.7. The molecule has 3 aromatic rings. The van der Waals surface area contributed by atoms with Gasteiger partial charge in [-0.25, -0.2) is 4.98 Å². The van der Waals surface area contributed by atoms with Gasteiger partial charge in [-0.2, -0.15) is 0 Å². The SMILES string of the molecule is Cc1cc2ccccc2n1CC(=O)NCCCn1ccnc1. The van der Waals surface area contributed by atoms with Gasteiger partial charge in [0, 0.05) is 36.7 Å². The van der Waals surface area contributed by atoms with Gasteiger partial charge in [0.25, 0.3) is 0 Å². The Labute approximate surface area is 129 Å². The molecule has 0 atom stereocenters. The molecule has 0 saturated heterocycles. The number of amides is 1. The highest BCUT2D eigenvalue weighted by Gasteiger charge is 2.08. The minimum Gasteiger partial charge on any atom is -0.354 e. The maximum atomic E-state index is 12.1. The maximum absolute atomic E-state index is 12.1. The van der Waals surface area contributed by atoms with Crippen LogP contribution in [0, 0.1) is 6.92 Å². The average molecular weight is 296 g/mol. The van der Waals surface area contributed by atoms with Gasteiger partial charge in [-0.15, -0.1) is 0 Å². The highest BCUT2D eigenvalue weighted by Crippen LogP contribution is 2.18. The molecule has 0 unspecified atom stereocenters. The van der Waals surface area contributed by atoms with Crippen LogP contribution in [0.1, 0.15) is 12.1 Å². The fourth-order valence-electron chi connectivity index (χ4n) is 2.67. The Morgan fingerprint density at radius 1 is 1.32 bits per heavy atom. The number of nitrogens with one attached hydrogen (secondary N) is 1.